The van der Waals surface area contributed by atoms with E-state index in [0.29, 0.717) is 6.42 Å². The van der Waals surface area contributed by atoms with Crippen LogP contribution in [0.15, 0.2) is 11.5 Å². The van der Waals surface area contributed by atoms with Crippen molar-refractivity contribution in [3.8, 4) is 0 Å². The van der Waals surface area contributed by atoms with Gasteiger partial charge in [-0.15, -0.1) is 0 Å². The number of esters is 1. The van der Waals surface area contributed by atoms with Gasteiger partial charge in [0.15, 0.2) is 0 Å². The van der Waals surface area contributed by atoms with Gasteiger partial charge >= 0.3 is 5.97 Å². The summed E-state index contributed by atoms with van der Waals surface area (Å²) in [5, 5.41) is 11.1. The minimum absolute atomic E-state index is 0.0729. The van der Waals surface area contributed by atoms with Gasteiger partial charge in [-0.05, 0) is 20.0 Å². The van der Waals surface area contributed by atoms with E-state index >= 15 is 0 Å². The zero-order valence-corrected chi connectivity index (χ0v) is 8.25. The Hall–Kier alpha value is -1.19. The average Bonchev–Trinajstić information content (AvgIpc) is 2.06. The first-order valence-electron chi connectivity index (χ1n) is 4.37. The molecule has 0 spiro atoms. The summed E-state index contributed by atoms with van der Waals surface area (Å²) in [6.07, 6.45) is 0.331. The predicted molar refractivity (Wildman–Crippen MR) is 45.6 cm³/mol. The SMILES string of the molecule is CCOC(=O)/C(CC)=C(\[O-])OCC. The van der Waals surface area contributed by atoms with Gasteiger partial charge in [-0.2, -0.15) is 0 Å². The molecule has 4 nitrogen and oxygen atoms in total. The normalized spacial score (nSPS) is 11.9. The van der Waals surface area contributed by atoms with Gasteiger partial charge in [0.25, 0.3) is 0 Å². The molecule has 0 bridgehead atoms. The van der Waals surface area contributed by atoms with Crippen molar-refractivity contribution in [2.24, 2.45) is 0 Å². The Balaban J connectivity index is 4.46. The van der Waals surface area contributed by atoms with Crippen molar-refractivity contribution in [3.63, 3.8) is 0 Å². The van der Waals surface area contributed by atoms with Gasteiger partial charge in [-0.1, -0.05) is 13.8 Å². The summed E-state index contributed by atoms with van der Waals surface area (Å²) < 4.78 is 9.37. The van der Waals surface area contributed by atoms with E-state index in [4.69, 9.17) is 0 Å². The minimum Gasteiger partial charge on any atom is -0.613 e. The van der Waals surface area contributed by atoms with Crippen molar-refractivity contribution in [3.05, 3.63) is 11.5 Å². The molecular formula is C9H15O4-. The van der Waals surface area contributed by atoms with Gasteiger partial charge < -0.3 is 14.6 Å². The van der Waals surface area contributed by atoms with Crippen LogP contribution in [0.2, 0.25) is 0 Å². The Bertz CT molecular complexity index is 196. The average molecular weight is 187 g/mol. The van der Waals surface area contributed by atoms with Crippen LogP contribution in [-0.4, -0.2) is 19.2 Å². The fraction of sp³-hybridized carbons (Fsp3) is 0.667. The summed E-state index contributed by atoms with van der Waals surface area (Å²) in [5.41, 5.74) is 0.0729. The summed E-state index contributed by atoms with van der Waals surface area (Å²) in [6, 6.07) is 0. The molecule has 0 N–H and O–H groups in total. The van der Waals surface area contributed by atoms with Crippen LogP contribution in [0.5, 0.6) is 0 Å². The summed E-state index contributed by atoms with van der Waals surface area (Å²) in [6.45, 7) is 5.62. The molecule has 0 unspecified atom stereocenters. The molecular weight excluding hydrogens is 172 g/mol. The minimum atomic E-state index is -0.580. The van der Waals surface area contributed by atoms with Crippen molar-refractivity contribution in [2.75, 3.05) is 13.2 Å². The van der Waals surface area contributed by atoms with Gasteiger partial charge in [0.1, 0.15) is 0 Å². The van der Waals surface area contributed by atoms with E-state index in [1.165, 1.54) is 0 Å². The van der Waals surface area contributed by atoms with Gasteiger partial charge in [-0.3, -0.25) is 0 Å². The van der Waals surface area contributed by atoms with Crippen LogP contribution < -0.4 is 5.11 Å². The summed E-state index contributed by atoms with van der Waals surface area (Å²) in [5.74, 6) is -1.16. The zero-order chi connectivity index (χ0) is 10.3. The first kappa shape index (κ1) is 11.8. The maximum Gasteiger partial charge on any atom is 0.335 e. The third-order valence-corrected chi connectivity index (χ3v) is 1.40. The fourth-order valence-electron chi connectivity index (χ4n) is 0.808. The Morgan fingerprint density at radius 3 is 2.08 bits per heavy atom. The predicted octanol–water partition coefficient (Wildman–Crippen LogP) is 0.568. The van der Waals surface area contributed by atoms with E-state index in [1.54, 1.807) is 20.8 Å². The van der Waals surface area contributed by atoms with Gasteiger partial charge in [-0.25, -0.2) is 4.79 Å². The van der Waals surface area contributed by atoms with E-state index in [9.17, 15) is 9.90 Å². The van der Waals surface area contributed by atoms with Crippen molar-refractivity contribution < 1.29 is 19.4 Å². The highest BCUT2D eigenvalue weighted by molar-refractivity contribution is 5.88. The number of hydrogen-bond donors (Lipinski definition) is 0. The first-order chi connectivity index (χ1) is 6.17. The Morgan fingerprint density at radius 1 is 1.15 bits per heavy atom. The first-order valence-corrected chi connectivity index (χ1v) is 4.37. The third kappa shape index (κ3) is 3.83. The standard InChI is InChI=1S/C9H16O4/c1-4-7(8(10)12-5-2)9(11)13-6-3/h10H,4-6H2,1-3H3/p-1/b8-7+. The second kappa shape index (κ2) is 6.34. The Labute approximate surface area is 78.2 Å². The molecule has 0 atom stereocenters. The smallest absolute Gasteiger partial charge is 0.335 e. The zero-order valence-electron chi connectivity index (χ0n) is 8.25. The second-order valence-electron chi connectivity index (χ2n) is 2.27. The number of rotatable bonds is 5. The van der Waals surface area contributed by atoms with Gasteiger partial charge in [0.2, 0.25) is 0 Å². The van der Waals surface area contributed by atoms with Gasteiger partial charge in [0.05, 0.1) is 18.1 Å². The van der Waals surface area contributed by atoms with E-state index < -0.39 is 11.9 Å². The van der Waals surface area contributed by atoms with Crippen molar-refractivity contribution in [1.29, 1.82) is 0 Å². The molecule has 0 fully saturated rings. The van der Waals surface area contributed by atoms with Crippen LogP contribution in [-0.2, 0) is 14.3 Å². The lowest BCUT2D eigenvalue weighted by molar-refractivity contribution is -0.358. The molecule has 0 aromatic carbocycles. The molecule has 13 heavy (non-hydrogen) atoms. The van der Waals surface area contributed by atoms with Crippen LogP contribution in [0, 0.1) is 0 Å². The summed E-state index contributed by atoms with van der Waals surface area (Å²) >= 11 is 0. The lowest BCUT2D eigenvalue weighted by atomic mass is 10.2. The number of hydrogen-bond acceptors (Lipinski definition) is 4. The van der Waals surface area contributed by atoms with Crippen molar-refractivity contribution in [2.45, 2.75) is 27.2 Å². The highest BCUT2D eigenvalue weighted by Gasteiger charge is 2.09. The molecule has 0 aliphatic heterocycles. The van der Waals surface area contributed by atoms with Crippen molar-refractivity contribution >= 4 is 5.97 Å². The number of carbonyl (C=O) groups excluding carboxylic acids is 1. The molecule has 0 aromatic heterocycles. The van der Waals surface area contributed by atoms with E-state index in [0.717, 1.165) is 0 Å². The summed E-state index contributed by atoms with van der Waals surface area (Å²) in [7, 11) is 0. The molecule has 0 heterocycles. The maximum absolute atomic E-state index is 11.1. The molecule has 0 rings (SSSR count). The molecule has 0 saturated heterocycles. The lowest BCUT2D eigenvalue weighted by Crippen LogP contribution is -2.18. The molecule has 0 aliphatic rings. The lowest BCUT2D eigenvalue weighted by Gasteiger charge is -2.16. The maximum atomic E-state index is 11.1. The molecule has 0 saturated carbocycles. The van der Waals surface area contributed by atoms with Crippen molar-refractivity contribution in [1.82, 2.24) is 0 Å². The summed E-state index contributed by atoms with van der Waals surface area (Å²) in [4.78, 5) is 11.1. The fourth-order valence-corrected chi connectivity index (χ4v) is 0.808. The van der Waals surface area contributed by atoms with Gasteiger partial charge in [0, 0.05) is 0 Å². The molecule has 0 aromatic rings. The molecule has 0 aliphatic carbocycles. The van der Waals surface area contributed by atoms with Crippen LogP contribution in [0.4, 0.5) is 0 Å². The highest BCUT2D eigenvalue weighted by atomic mass is 16.6. The van der Waals surface area contributed by atoms with Crippen LogP contribution in [0.1, 0.15) is 27.2 Å². The Kier molecular flexibility index (Phi) is 5.76. The monoisotopic (exact) mass is 187 g/mol. The quantitative estimate of drug-likeness (QED) is 0.358. The Morgan fingerprint density at radius 2 is 1.69 bits per heavy atom. The molecule has 0 radical (unpaired) electrons. The number of ether oxygens (including phenoxy) is 2. The second-order valence-corrected chi connectivity index (χ2v) is 2.27. The van der Waals surface area contributed by atoms with Crippen LogP contribution >= 0.6 is 0 Å². The van der Waals surface area contributed by atoms with E-state index in [2.05, 4.69) is 9.47 Å². The van der Waals surface area contributed by atoms with Crippen LogP contribution in [0.25, 0.3) is 0 Å². The van der Waals surface area contributed by atoms with E-state index in [1.807, 2.05) is 0 Å². The molecule has 76 valence electrons. The topological polar surface area (TPSA) is 58.6 Å². The van der Waals surface area contributed by atoms with E-state index in [-0.39, 0.29) is 18.8 Å². The molecule has 4 heteroatoms. The molecule has 0 amide bonds. The van der Waals surface area contributed by atoms with Crippen LogP contribution in [0.3, 0.4) is 0 Å². The highest BCUT2D eigenvalue weighted by Crippen LogP contribution is 2.07. The third-order valence-electron chi connectivity index (χ3n) is 1.40. The number of carbonyl (C=O) groups is 1. The largest absolute Gasteiger partial charge is 0.613 e.